The van der Waals surface area contributed by atoms with Gasteiger partial charge in [0, 0.05) is 23.5 Å². The number of H-pyrrole nitrogens is 1. The number of nitrogens with zero attached hydrogens (tertiary/aromatic N) is 1. The Morgan fingerprint density at radius 2 is 2.18 bits per heavy atom. The average molecular weight is 269 g/mol. The number of imidazole rings is 1. The molecule has 2 heterocycles. The van der Waals surface area contributed by atoms with E-state index in [2.05, 4.69) is 9.97 Å². The van der Waals surface area contributed by atoms with Crippen LogP contribution in [0.4, 0.5) is 0 Å². The van der Waals surface area contributed by atoms with Crippen LogP contribution >= 0.6 is 23.4 Å². The minimum Gasteiger partial charge on any atom is -0.381 e. The number of halogens is 1. The lowest BCUT2D eigenvalue weighted by molar-refractivity contribution is 0.1000. The summed E-state index contributed by atoms with van der Waals surface area (Å²) in [5, 5.41) is 2.33. The van der Waals surface area contributed by atoms with Gasteiger partial charge in [0.1, 0.15) is 0 Å². The zero-order valence-corrected chi connectivity index (χ0v) is 10.9. The van der Waals surface area contributed by atoms with Gasteiger partial charge in [-0.05, 0) is 31.0 Å². The lowest BCUT2D eigenvalue weighted by Crippen LogP contribution is -2.17. The van der Waals surface area contributed by atoms with Gasteiger partial charge in [-0.15, -0.1) is 0 Å². The molecule has 5 heteroatoms. The summed E-state index contributed by atoms with van der Waals surface area (Å²) in [5.74, 6) is 0. The van der Waals surface area contributed by atoms with Gasteiger partial charge in [-0.25, -0.2) is 4.98 Å². The Morgan fingerprint density at radius 1 is 1.35 bits per heavy atom. The Balaban J connectivity index is 1.80. The van der Waals surface area contributed by atoms with Crippen molar-refractivity contribution in [3.05, 3.63) is 23.2 Å². The fourth-order valence-electron chi connectivity index (χ4n) is 1.97. The van der Waals surface area contributed by atoms with Crippen LogP contribution in [-0.4, -0.2) is 28.4 Å². The number of nitrogens with one attached hydrogen (secondary N) is 1. The van der Waals surface area contributed by atoms with Crippen LogP contribution in [0, 0.1) is 0 Å². The first-order valence-corrected chi connectivity index (χ1v) is 6.97. The van der Waals surface area contributed by atoms with Crippen molar-refractivity contribution in [3.63, 3.8) is 0 Å². The third-order valence-electron chi connectivity index (χ3n) is 2.87. The zero-order valence-electron chi connectivity index (χ0n) is 9.28. The van der Waals surface area contributed by atoms with E-state index in [1.54, 1.807) is 11.8 Å². The highest BCUT2D eigenvalue weighted by molar-refractivity contribution is 7.99. The summed E-state index contributed by atoms with van der Waals surface area (Å²) in [5.41, 5.74) is 1.98. The van der Waals surface area contributed by atoms with Crippen molar-refractivity contribution in [2.24, 2.45) is 0 Å². The Hall–Kier alpha value is -0.710. The molecule has 1 aromatic carbocycles. The highest BCUT2D eigenvalue weighted by Gasteiger charge is 2.16. The highest BCUT2D eigenvalue weighted by atomic mass is 35.5. The number of aromatic amines is 1. The summed E-state index contributed by atoms with van der Waals surface area (Å²) in [6.45, 7) is 1.73. The van der Waals surface area contributed by atoms with E-state index in [9.17, 15) is 0 Å². The smallest absolute Gasteiger partial charge is 0.166 e. The minimum atomic E-state index is 0.611. The molecule has 17 heavy (non-hydrogen) atoms. The Bertz CT molecular complexity index is 522. The van der Waals surface area contributed by atoms with Crippen molar-refractivity contribution in [1.82, 2.24) is 9.97 Å². The molecule has 1 aromatic heterocycles. The molecule has 0 amide bonds. The van der Waals surface area contributed by atoms with Crippen LogP contribution in [0.5, 0.6) is 0 Å². The summed E-state index contributed by atoms with van der Waals surface area (Å²) in [6, 6.07) is 5.73. The number of ether oxygens (including phenoxy) is 1. The van der Waals surface area contributed by atoms with E-state index in [1.807, 2.05) is 18.2 Å². The van der Waals surface area contributed by atoms with Crippen LogP contribution < -0.4 is 0 Å². The highest BCUT2D eigenvalue weighted by Crippen LogP contribution is 2.29. The van der Waals surface area contributed by atoms with Crippen molar-refractivity contribution >= 4 is 34.4 Å². The number of hydrogen-bond donors (Lipinski definition) is 1. The molecule has 2 aromatic rings. The van der Waals surface area contributed by atoms with Crippen LogP contribution in [-0.2, 0) is 4.74 Å². The van der Waals surface area contributed by atoms with E-state index in [1.165, 1.54) is 0 Å². The van der Waals surface area contributed by atoms with Gasteiger partial charge in [-0.3, -0.25) is 0 Å². The van der Waals surface area contributed by atoms with Crippen LogP contribution in [0.15, 0.2) is 23.4 Å². The summed E-state index contributed by atoms with van der Waals surface area (Å²) < 4.78 is 5.35. The number of thioether (sulfide) groups is 1. The lowest BCUT2D eigenvalue weighted by Gasteiger charge is -2.20. The minimum absolute atomic E-state index is 0.611. The first kappa shape index (κ1) is 11.4. The fraction of sp³-hybridized carbons (Fsp3) is 0.417. The van der Waals surface area contributed by atoms with Crippen molar-refractivity contribution in [2.75, 3.05) is 13.2 Å². The van der Waals surface area contributed by atoms with Crippen LogP contribution in [0.2, 0.25) is 5.02 Å². The van der Waals surface area contributed by atoms with Gasteiger partial charge >= 0.3 is 0 Å². The predicted molar refractivity (Wildman–Crippen MR) is 70.8 cm³/mol. The largest absolute Gasteiger partial charge is 0.381 e. The Labute approximate surface area is 109 Å². The number of hydrogen-bond acceptors (Lipinski definition) is 3. The lowest BCUT2D eigenvalue weighted by atomic mass is 10.2. The summed E-state index contributed by atoms with van der Waals surface area (Å²) in [4.78, 5) is 7.87. The maximum atomic E-state index is 5.95. The van der Waals surface area contributed by atoms with Gasteiger partial charge in [0.25, 0.3) is 0 Å². The maximum Gasteiger partial charge on any atom is 0.166 e. The maximum absolute atomic E-state index is 5.95. The first-order chi connectivity index (χ1) is 8.31. The molecule has 1 saturated heterocycles. The van der Waals surface area contributed by atoms with Crippen molar-refractivity contribution in [2.45, 2.75) is 23.2 Å². The molecule has 0 saturated carbocycles. The summed E-state index contributed by atoms with van der Waals surface area (Å²) >= 11 is 7.76. The molecule has 0 spiro atoms. The standard InChI is InChI=1S/C12H13ClN2OS/c13-8-1-2-10-11(7-8)15-12(14-10)17-9-3-5-16-6-4-9/h1-2,7,9H,3-6H2,(H,14,15). The van der Waals surface area contributed by atoms with Gasteiger partial charge in [0.05, 0.1) is 11.0 Å². The van der Waals surface area contributed by atoms with E-state index in [0.717, 1.165) is 47.3 Å². The monoisotopic (exact) mass is 268 g/mol. The molecule has 0 unspecified atom stereocenters. The van der Waals surface area contributed by atoms with E-state index in [0.29, 0.717) is 5.25 Å². The second kappa shape index (κ2) is 4.88. The molecule has 0 bridgehead atoms. The Morgan fingerprint density at radius 3 is 3.00 bits per heavy atom. The second-order valence-corrected chi connectivity index (χ2v) is 5.86. The van der Waals surface area contributed by atoms with Crippen molar-refractivity contribution in [1.29, 1.82) is 0 Å². The van der Waals surface area contributed by atoms with E-state index in [4.69, 9.17) is 16.3 Å². The second-order valence-electron chi connectivity index (χ2n) is 4.13. The number of rotatable bonds is 2. The van der Waals surface area contributed by atoms with E-state index >= 15 is 0 Å². The molecule has 1 aliphatic rings. The van der Waals surface area contributed by atoms with Gasteiger partial charge in [0.15, 0.2) is 5.16 Å². The fourth-order valence-corrected chi connectivity index (χ4v) is 3.20. The molecule has 3 rings (SSSR count). The third-order valence-corrected chi connectivity index (χ3v) is 4.33. The number of fused-ring (bicyclic) bond motifs is 1. The molecule has 1 N–H and O–H groups in total. The SMILES string of the molecule is Clc1ccc2nc(SC3CCOCC3)[nH]c2c1. The number of aromatic nitrogens is 2. The Kier molecular flexibility index (Phi) is 3.27. The summed E-state index contributed by atoms with van der Waals surface area (Å²) in [6.07, 6.45) is 2.20. The average Bonchev–Trinajstić information content (AvgIpc) is 2.71. The molecule has 0 aliphatic carbocycles. The first-order valence-electron chi connectivity index (χ1n) is 5.71. The van der Waals surface area contributed by atoms with Gasteiger partial charge in [-0.2, -0.15) is 0 Å². The molecular weight excluding hydrogens is 256 g/mol. The predicted octanol–water partition coefficient (Wildman–Crippen LogP) is 3.49. The third kappa shape index (κ3) is 2.59. The molecule has 90 valence electrons. The molecule has 0 radical (unpaired) electrons. The van der Waals surface area contributed by atoms with E-state index < -0.39 is 0 Å². The molecule has 3 nitrogen and oxygen atoms in total. The van der Waals surface area contributed by atoms with Crippen molar-refractivity contribution < 1.29 is 4.74 Å². The molecule has 0 atom stereocenters. The van der Waals surface area contributed by atoms with Crippen LogP contribution in [0.3, 0.4) is 0 Å². The van der Waals surface area contributed by atoms with Crippen molar-refractivity contribution in [3.8, 4) is 0 Å². The van der Waals surface area contributed by atoms with Crippen LogP contribution in [0.25, 0.3) is 11.0 Å². The quantitative estimate of drug-likeness (QED) is 0.906. The van der Waals surface area contributed by atoms with Gasteiger partial charge in [0.2, 0.25) is 0 Å². The summed E-state index contributed by atoms with van der Waals surface area (Å²) in [7, 11) is 0. The normalized spacial score (nSPS) is 17.7. The molecule has 1 aliphatic heterocycles. The van der Waals surface area contributed by atoms with Gasteiger partial charge in [-0.1, -0.05) is 23.4 Å². The van der Waals surface area contributed by atoms with Crippen LogP contribution in [0.1, 0.15) is 12.8 Å². The zero-order chi connectivity index (χ0) is 11.7. The molecule has 1 fully saturated rings. The molecular formula is C12H13ClN2OS. The van der Waals surface area contributed by atoms with E-state index in [-0.39, 0.29) is 0 Å². The topological polar surface area (TPSA) is 37.9 Å². The number of benzene rings is 1. The van der Waals surface area contributed by atoms with Gasteiger partial charge < -0.3 is 9.72 Å².